The molecule has 1 atom stereocenters. The summed E-state index contributed by atoms with van der Waals surface area (Å²) < 4.78 is 7.51. The molecule has 1 aliphatic heterocycles. The van der Waals surface area contributed by atoms with Crippen molar-refractivity contribution in [2.45, 2.75) is 26.4 Å². The lowest BCUT2D eigenvalue weighted by molar-refractivity contribution is 0.108. The predicted molar refractivity (Wildman–Crippen MR) is 135 cm³/mol. The Bertz CT molecular complexity index is 1330. The van der Waals surface area contributed by atoms with E-state index in [9.17, 15) is 4.79 Å². The van der Waals surface area contributed by atoms with E-state index in [2.05, 4.69) is 49.4 Å². The van der Waals surface area contributed by atoms with Gasteiger partial charge in [-0.05, 0) is 53.7 Å². The van der Waals surface area contributed by atoms with E-state index in [4.69, 9.17) is 4.74 Å². The zero-order chi connectivity index (χ0) is 24.2. The third-order valence-electron chi connectivity index (χ3n) is 6.65. The van der Waals surface area contributed by atoms with Crippen molar-refractivity contribution in [2.75, 3.05) is 39.3 Å². The van der Waals surface area contributed by atoms with Gasteiger partial charge in [0.25, 0.3) is 5.56 Å². The summed E-state index contributed by atoms with van der Waals surface area (Å²) in [5, 5.41) is 13.7. The third-order valence-corrected chi connectivity index (χ3v) is 6.65. The molecular formula is C26H31N7O2. The lowest BCUT2D eigenvalue weighted by Gasteiger charge is -2.38. The lowest BCUT2D eigenvalue weighted by Crippen LogP contribution is -2.49. The molecule has 2 aromatic heterocycles. The predicted octanol–water partition coefficient (Wildman–Crippen LogP) is 2.69. The molecule has 1 aliphatic rings. The maximum absolute atomic E-state index is 13.4. The standard InChI is InChI=1S/C26H31N7O2/c1-3-31-12-14-32(15-13-31)24(25-28-29-30-33(25)18-19-8-6-5-7-9-19)22-17-20-16-21(35-4-2)10-11-23(20)27-26(22)34/h5-11,16-17,24H,3-4,12-15,18H2,1-2H3,(H,27,34). The molecule has 0 bridgehead atoms. The quantitative estimate of drug-likeness (QED) is 0.421. The van der Waals surface area contributed by atoms with Crippen molar-refractivity contribution in [1.29, 1.82) is 0 Å². The number of hydrogen-bond donors (Lipinski definition) is 1. The van der Waals surface area contributed by atoms with Crippen LogP contribution in [0.1, 0.15) is 36.8 Å². The average Bonchev–Trinajstić information content (AvgIpc) is 3.33. The zero-order valence-electron chi connectivity index (χ0n) is 20.2. The first-order valence-electron chi connectivity index (χ1n) is 12.2. The van der Waals surface area contributed by atoms with Crippen LogP contribution in [-0.2, 0) is 6.54 Å². The van der Waals surface area contributed by atoms with E-state index in [1.165, 1.54) is 0 Å². The number of H-pyrrole nitrogens is 1. The number of rotatable bonds is 8. The van der Waals surface area contributed by atoms with Crippen LogP contribution in [0.25, 0.3) is 10.9 Å². The number of piperazine rings is 1. The number of aromatic nitrogens is 5. The molecule has 1 unspecified atom stereocenters. The number of hydrogen-bond acceptors (Lipinski definition) is 7. The molecule has 9 nitrogen and oxygen atoms in total. The molecule has 2 aromatic carbocycles. The topological polar surface area (TPSA) is 92.2 Å². The number of tetrazole rings is 1. The van der Waals surface area contributed by atoms with Crippen LogP contribution >= 0.6 is 0 Å². The Balaban J connectivity index is 1.59. The van der Waals surface area contributed by atoms with Gasteiger partial charge in [-0.2, -0.15) is 0 Å². The van der Waals surface area contributed by atoms with Gasteiger partial charge in [-0.1, -0.05) is 37.3 Å². The molecule has 0 amide bonds. The molecule has 4 aromatic rings. The summed E-state index contributed by atoms with van der Waals surface area (Å²) in [6.07, 6.45) is 0. The first-order chi connectivity index (χ1) is 17.2. The van der Waals surface area contributed by atoms with E-state index in [1.54, 1.807) is 0 Å². The van der Waals surface area contributed by atoms with Crippen LogP contribution in [0.5, 0.6) is 5.75 Å². The number of ether oxygens (including phenoxy) is 1. The monoisotopic (exact) mass is 473 g/mol. The van der Waals surface area contributed by atoms with E-state index < -0.39 is 0 Å². The highest BCUT2D eigenvalue weighted by molar-refractivity contribution is 5.80. The number of fused-ring (bicyclic) bond motifs is 1. The van der Waals surface area contributed by atoms with Gasteiger partial charge in [-0.15, -0.1) is 5.10 Å². The highest BCUT2D eigenvalue weighted by Gasteiger charge is 2.32. The number of nitrogens with one attached hydrogen (secondary N) is 1. The second-order valence-corrected chi connectivity index (χ2v) is 8.79. The van der Waals surface area contributed by atoms with E-state index >= 15 is 0 Å². The molecule has 5 rings (SSSR count). The van der Waals surface area contributed by atoms with Gasteiger partial charge in [-0.3, -0.25) is 9.69 Å². The molecular weight excluding hydrogens is 442 g/mol. The third kappa shape index (κ3) is 4.96. The summed E-state index contributed by atoms with van der Waals surface area (Å²) >= 11 is 0. The van der Waals surface area contributed by atoms with Gasteiger partial charge in [-0.25, -0.2) is 4.68 Å². The average molecular weight is 474 g/mol. The van der Waals surface area contributed by atoms with Gasteiger partial charge in [0.05, 0.1) is 13.2 Å². The number of pyridine rings is 1. The number of benzene rings is 2. The van der Waals surface area contributed by atoms with Crippen molar-refractivity contribution >= 4 is 10.9 Å². The van der Waals surface area contributed by atoms with Crippen LogP contribution in [0.15, 0.2) is 59.4 Å². The fraction of sp³-hybridized carbons (Fsp3) is 0.385. The number of nitrogens with zero attached hydrogens (tertiary/aromatic N) is 6. The van der Waals surface area contributed by atoms with Crippen molar-refractivity contribution in [3.8, 4) is 5.75 Å². The molecule has 3 heterocycles. The maximum Gasteiger partial charge on any atom is 0.253 e. The fourth-order valence-electron chi connectivity index (χ4n) is 4.77. The van der Waals surface area contributed by atoms with Gasteiger partial charge in [0.1, 0.15) is 11.8 Å². The molecule has 9 heteroatoms. The van der Waals surface area contributed by atoms with Crippen LogP contribution in [0.4, 0.5) is 0 Å². The molecule has 35 heavy (non-hydrogen) atoms. The van der Waals surface area contributed by atoms with E-state index in [1.807, 2.05) is 54.1 Å². The van der Waals surface area contributed by atoms with Crippen LogP contribution in [-0.4, -0.2) is 74.3 Å². The molecule has 1 fully saturated rings. The van der Waals surface area contributed by atoms with Crippen LogP contribution in [0.3, 0.4) is 0 Å². The molecule has 1 N–H and O–H groups in total. The first-order valence-corrected chi connectivity index (χ1v) is 12.2. The Morgan fingerprint density at radius 3 is 2.57 bits per heavy atom. The van der Waals surface area contributed by atoms with Crippen LogP contribution < -0.4 is 10.3 Å². The van der Waals surface area contributed by atoms with Crippen LogP contribution in [0, 0.1) is 0 Å². The van der Waals surface area contributed by atoms with Gasteiger partial charge >= 0.3 is 0 Å². The van der Waals surface area contributed by atoms with Crippen LogP contribution in [0.2, 0.25) is 0 Å². The van der Waals surface area contributed by atoms with Crippen molar-refractivity contribution < 1.29 is 4.74 Å². The van der Waals surface area contributed by atoms with Crippen molar-refractivity contribution in [2.24, 2.45) is 0 Å². The molecule has 0 aliphatic carbocycles. The Morgan fingerprint density at radius 2 is 1.83 bits per heavy atom. The van der Waals surface area contributed by atoms with E-state index in [0.717, 1.165) is 54.9 Å². The van der Waals surface area contributed by atoms with E-state index in [-0.39, 0.29) is 11.6 Å². The summed E-state index contributed by atoms with van der Waals surface area (Å²) in [7, 11) is 0. The number of aromatic amines is 1. The minimum atomic E-state index is -0.364. The second-order valence-electron chi connectivity index (χ2n) is 8.79. The molecule has 0 spiro atoms. The molecule has 0 radical (unpaired) electrons. The minimum absolute atomic E-state index is 0.126. The summed E-state index contributed by atoms with van der Waals surface area (Å²) in [4.78, 5) is 21.2. The summed E-state index contributed by atoms with van der Waals surface area (Å²) in [5.41, 5.74) is 2.39. The fourth-order valence-corrected chi connectivity index (χ4v) is 4.77. The molecule has 0 saturated carbocycles. The largest absolute Gasteiger partial charge is 0.494 e. The minimum Gasteiger partial charge on any atom is -0.494 e. The van der Waals surface area contributed by atoms with Gasteiger partial charge < -0.3 is 14.6 Å². The second kappa shape index (κ2) is 10.4. The first kappa shape index (κ1) is 23.2. The maximum atomic E-state index is 13.4. The van der Waals surface area contributed by atoms with Gasteiger partial charge in [0, 0.05) is 42.6 Å². The normalized spacial score (nSPS) is 15.9. The summed E-state index contributed by atoms with van der Waals surface area (Å²) in [5.74, 6) is 1.45. The highest BCUT2D eigenvalue weighted by atomic mass is 16.5. The molecule has 1 saturated heterocycles. The number of likely N-dealkylation sites (N-methyl/N-ethyl adjacent to an activating group) is 1. The zero-order valence-corrected chi connectivity index (χ0v) is 20.2. The lowest BCUT2D eigenvalue weighted by atomic mass is 10.0. The summed E-state index contributed by atoms with van der Waals surface area (Å²) in [6, 6.07) is 17.4. The van der Waals surface area contributed by atoms with Gasteiger partial charge in [0.15, 0.2) is 5.82 Å². The van der Waals surface area contributed by atoms with Gasteiger partial charge in [0.2, 0.25) is 0 Å². The summed E-state index contributed by atoms with van der Waals surface area (Å²) in [6.45, 7) is 9.80. The van der Waals surface area contributed by atoms with Crippen molar-refractivity contribution in [3.63, 3.8) is 0 Å². The Labute approximate surface area is 204 Å². The SMILES string of the molecule is CCOc1ccc2[nH]c(=O)c(C(c3nnnn3Cc3ccccc3)N3CCN(CC)CC3)cc2c1. The Morgan fingerprint density at radius 1 is 1.03 bits per heavy atom. The Hall–Kier alpha value is -3.56. The molecule has 182 valence electrons. The Kier molecular flexibility index (Phi) is 6.87. The van der Waals surface area contributed by atoms with E-state index in [0.29, 0.717) is 24.5 Å². The highest BCUT2D eigenvalue weighted by Crippen LogP contribution is 2.29. The van der Waals surface area contributed by atoms with Crippen molar-refractivity contribution in [1.82, 2.24) is 35.0 Å². The smallest absolute Gasteiger partial charge is 0.253 e. The van der Waals surface area contributed by atoms with Crippen molar-refractivity contribution in [3.05, 3.63) is 81.9 Å².